The minimum atomic E-state index is 0.168. The Bertz CT molecular complexity index is 400. The van der Waals surface area contributed by atoms with Crippen LogP contribution in [0.4, 0.5) is 0 Å². The molecule has 2 rings (SSSR count). The lowest BCUT2D eigenvalue weighted by Crippen LogP contribution is -2.40. The molecule has 0 fully saturated rings. The van der Waals surface area contributed by atoms with E-state index in [2.05, 4.69) is 37.2 Å². The fourth-order valence-electron chi connectivity index (χ4n) is 3.22. The van der Waals surface area contributed by atoms with Gasteiger partial charge in [0.25, 0.3) is 0 Å². The van der Waals surface area contributed by atoms with Crippen molar-refractivity contribution in [2.75, 3.05) is 0 Å². The predicted molar refractivity (Wildman–Crippen MR) is 75.6 cm³/mol. The molecular weight excluding hydrogens is 222 g/mol. The van der Waals surface area contributed by atoms with Gasteiger partial charge in [-0.25, -0.2) is 4.98 Å². The van der Waals surface area contributed by atoms with E-state index >= 15 is 0 Å². The maximum absolute atomic E-state index is 6.38. The van der Waals surface area contributed by atoms with Gasteiger partial charge in [0.2, 0.25) is 0 Å². The van der Waals surface area contributed by atoms with E-state index in [1.807, 2.05) is 6.33 Å². The van der Waals surface area contributed by atoms with Crippen molar-refractivity contribution in [2.45, 2.75) is 71.9 Å². The van der Waals surface area contributed by atoms with Crippen LogP contribution in [-0.2, 0) is 12.8 Å². The molecule has 1 aliphatic carbocycles. The fourth-order valence-corrected chi connectivity index (χ4v) is 3.22. The molecule has 0 aliphatic heterocycles. The van der Waals surface area contributed by atoms with Crippen LogP contribution in [0.2, 0.25) is 0 Å². The molecule has 1 aromatic heterocycles. The normalized spacial score (nSPS) is 19.4. The molecule has 3 nitrogen and oxygen atoms in total. The number of imidazole rings is 1. The lowest BCUT2D eigenvalue weighted by molar-refractivity contribution is 0.197. The van der Waals surface area contributed by atoms with E-state index in [9.17, 15) is 0 Å². The van der Waals surface area contributed by atoms with Crippen molar-refractivity contribution in [3.05, 3.63) is 17.7 Å². The first-order chi connectivity index (χ1) is 8.45. The van der Waals surface area contributed by atoms with Gasteiger partial charge in [0.15, 0.2) is 0 Å². The SMILES string of the molecule is CCC(N)C(n1cnc2c1CCCC2)C(C)(C)C. The van der Waals surface area contributed by atoms with Crippen molar-refractivity contribution in [1.29, 1.82) is 0 Å². The first kappa shape index (κ1) is 13.6. The summed E-state index contributed by atoms with van der Waals surface area (Å²) in [6, 6.07) is 0.544. The van der Waals surface area contributed by atoms with Crippen molar-refractivity contribution in [1.82, 2.24) is 9.55 Å². The molecule has 0 amide bonds. The van der Waals surface area contributed by atoms with Crippen molar-refractivity contribution in [2.24, 2.45) is 11.1 Å². The zero-order valence-electron chi connectivity index (χ0n) is 12.2. The lowest BCUT2D eigenvalue weighted by atomic mass is 9.81. The van der Waals surface area contributed by atoms with Crippen LogP contribution in [-0.4, -0.2) is 15.6 Å². The minimum Gasteiger partial charge on any atom is -0.329 e. The first-order valence-corrected chi connectivity index (χ1v) is 7.25. The van der Waals surface area contributed by atoms with Crippen LogP contribution in [0.5, 0.6) is 0 Å². The highest BCUT2D eigenvalue weighted by atomic mass is 15.1. The van der Waals surface area contributed by atoms with Gasteiger partial charge in [-0.05, 0) is 37.5 Å². The van der Waals surface area contributed by atoms with E-state index in [1.165, 1.54) is 30.7 Å². The van der Waals surface area contributed by atoms with Gasteiger partial charge in [0.1, 0.15) is 0 Å². The Labute approximate surface area is 111 Å². The Hall–Kier alpha value is -0.830. The van der Waals surface area contributed by atoms with E-state index in [1.54, 1.807) is 0 Å². The van der Waals surface area contributed by atoms with Gasteiger partial charge >= 0.3 is 0 Å². The molecule has 18 heavy (non-hydrogen) atoms. The maximum Gasteiger partial charge on any atom is 0.0954 e. The van der Waals surface area contributed by atoms with Crippen LogP contribution in [0, 0.1) is 5.41 Å². The minimum absolute atomic E-state index is 0.168. The molecule has 1 aromatic rings. The van der Waals surface area contributed by atoms with Crippen molar-refractivity contribution >= 4 is 0 Å². The predicted octanol–water partition coefficient (Wildman–Crippen LogP) is 3.09. The first-order valence-electron chi connectivity index (χ1n) is 7.25. The highest BCUT2D eigenvalue weighted by molar-refractivity contribution is 5.18. The zero-order chi connectivity index (χ0) is 13.3. The number of aromatic nitrogens is 2. The number of hydrogen-bond acceptors (Lipinski definition) is 2. The smallest absolute Gasteiger partial charge is 0.0954 e. The van der Waals surface area contributed by atoms with Crippen LogP contribution >= 0.6 is 0 Å². The Morgan fingerprint density at radius 3 is 2.61 bits per heavy atom. The monoisotopic (exact) mass is 249 g/mol. The van der Waals surface area contributed by atoms with E-state index in [0.29, 0.717) is 6.04 Å². The third-order valence-corrected chi connectivity index (χ3v) is 4.12. The van der Waals surface area contributed by atoms with Gasteiger partial charge in [0.05, 0.1) is 18.1 Å². The molecule has 2 N–H and O–H groups in total. The topological polar surface area (TPSA) is 43.8 Å². The highest BCUT2D eigenvalue weighted by Gasteiger charge is 2.33. The molecule has 1 aliphatic rings. The molecular formula is C15H27N3. The molecule has 102 valence electrons. The van der Waals surface area contributed by atoms with Gasteiger partial charge < -0.3 is 10.3 Å². The summed E-state index contributed by atoms with van der Waals surface area (Å²) in [7, 11) is 0. The van der Waals surface area contributed by atoms with Crippen LogP contribution in [0.1, 0.15) is 64.4 Å². The molecule has 2 unspecified atom stereocenters. The standard InChI is InChI=1S/C15H27N3/c1-5-11(16)14(15(2,3)4)18-10-17-12-8-6-7-9-13(12)18/h10-11,14H,5-9,16H2,1-4H3. The van der Waals surface area contributed by atoms with Gasteiger partial charge in [-0.15, -0.1) is 0 Å². The summed E-state index contributed by atoms with van der Waals surface area (Å²) in [6.45, 7) is 9.01. The Balaban J connectivity index is 2.39. The second-order valence-corrected chi connectivity index (χ2v) is 6.64. The second-order valence-electron chi connectivity index (χ2n) is 6.64. The molecule has 2 atom stereocenters. The third-order valence-electron chi connectivity index (χ3n) is 4.12. The van der Waals surface area contributed by atoms with Gasteiger partial charge in [-0.2, -0.15) is 0 Å². The second kappa shape index (κ2) is 5.04. The summed E-state index contributed by atoms with van der Waals surface area (Å²) in [5.74, 6) is 0. The number of aryl methyl sites for hydroxylation is 1. The van der Waals surface area contributed by atoms with E-state index in [4.69, 9.17) is 5.73 Å². The van der Waals surface area contributed by atoms with Crippen LogP contribution in [0.15, 0.2) is 6.33 Å². The summed E-state index contributed by atoms with van der Waals surface area (Å²) in [4.78, 5) is 4.62. The number of nitrogens with two attached hydrogens (primary N) is 1. The highest BCUT2D eigenvalue weighted by Crippen LogP contribution is 2.36. The fraction of sp³-hybridized carbons (Fsp3) is 0.800. The number of fused-ring (bicyclic) bond motifs is 1. The van der Waals surface area contributed by atoms with Crippen LogP contribution in [0.3, 0.4) is 0 Å². The summed E-state index contributed by atoms with van der Waals surface area (Å²) in [6.07, 6.45) is 7.91. The molecule has 0 aromatic carbocycles. The summed E-state index contributed by atoms with van der Waals surface area (Å²) >= 11 is 0. The number of nitrogens with zero attached hydrogens (tertiary/aromatic N) is 2. The average molecular weight is 249 g/mol. The lowest BCUT2D eigenvalue weighted by Gasteiger charge is -2.37. The number of hydrogen-bond donors (Lipinski definition) is 1. The average Bonchev–Trinajstić information content (AvgIpc) is 2.71. The van der Waals surface area contributed by atoms with Crippen molar-refractivity contribution < 1.29 is 0 Å². The number of rotatable bonds is 3. The molecule has 1 heterocycles. The van der Waals surface area contributed by atoms with Crippen LogP contribution < -0.4 is 5.73 Å². The molecule has 3 heteroatoms. The Morgan fingerprint density at radius 2 is 2.00 bits per heavy atom. The third kappa shape index (κ3) is 2.46. The maximum atomic E-state index is 6.38. The molecule has 0 radical (unpaired) electrons. The van der Waals surface area contributed by atoms with E-state index in [-0.39, 0.29) is 11.5 Å². The quantitative estimate of drug-likeness (QED) is 0.894. The molecule has 0 bridgehead atoms. The molecule has 0 saturated heterocycles. The van der Waals surface area contributed by atoms with Gasteiger partial charge in [-0.1, -0.05) is 27.7 Å². The van der Waals surface area contributed by atoms with Crippen molar-refractivity contribution in [3.8, 4) is 0 Å². The van der Waals surface area contributed by atoms with E-state index in [0.717, 1.165) is 12.8 Å². The summed E-state index contributed by atoms with van der Waals surface area (Å²) < 4.78 is 2.38. The Kier molecular flexibility index (Phi) is 3.81. The van der Waals surface area contributed by atoms with Gasteiger partial charge in [-0.3, -0.25) is 0 Å². The summed E-state index contributed by atoms with van der Waals surface area (Å²) in [5, 5.41) is 0. The Morgan fingerprint density at radius 1 is 1.33 bits per heavy atom. The van der Waals surface area contributed by atoms with E-state index < -0.39 is 0 Å². The largest absolute Gasteiger partial charge is 0.329 e. The van der Waals surface area contributed by atoms with Crippen LogP contribution in [0.25, 0.3) is 0 Å². The van der Waals surface area contributed by atoms with Crippen molar-refractivity contribution in [3.63, 3.8) is 0 Å². The zero-order valence-corrected chi connectivity index (χ0v) is 12.2. The summed E-state index contributed by atoms with van der Waals surface area (Å²) in [5.41, 5.74) is 9.29. The molecule has 0 saturated carbocycles. The van der Waals surface area contributed by atoms with Gasteiger partial charge in [0, 0.05) is 11.7 Å². The molecule has 0 spiro atoms.